The van der Waals surface area contributed by atoms with Gasteiger partial charge in [0, 0.05) is 10.0 Å². The maximum absolute atomic E-state index is 13.8. The Morgan fingerprint density at radius 2 is 1.81 bits per heavy atom. The molecule has 3 amide bonds. The number of aromatic nitrogens is 2. The van der Waals surface area contributed by atoms with E-state index in [2.05, 4.69) is 42.1 Å². The Bertz CT molecular complexity index is 1060. The zero-order valence-corrected chi connectivity index (χ0v) is 19.3. The highest BCUT2D eigenvalue weighted by molar-refractivity contribution is 9.10. The minimum absolute atomic E-state index is 0.0339. The minimum atomic E-state index is -0.836. The fourth-order valence-electron chi connectivity index (χ4n) is 2.73. The number of halogens is 2. The topological polar surface area (TPSA) is 96.0 Å². The van der Waals surface area contributed by atoms with Gasteiger partial charge in [-0.3, -0.25) is 10.1 Å². The lowest BCUT2D eigenvalue weighted by atomic mass is 9.98. The van der Waals surface area contributed by atoms with Crippen molar-refractivity contribution in [1.82, 2.24) is 15.5 Å². The molecular formula is C21H21BrFN5O2S. The van der Waals surface area contributed by atoms with Crippen molar-refractivity contribution in [2.75, 3.05) is 10.6 Å². The molecule has 10 heteroatoms. The number of rotatable bonds is 7. The van der Waals surface area contributed by atoms with E-state index in [1.165, 1.54) is 29.5 Å². The van der Waals surface area contributed by atoms with Gasteiger partial charge in [-0.05, 0) is 30.2 Å². The Morgan fingerprint density at radius 3 is 2.48 bits per heavy atom. The van der Waals surface area contributed by atoms with E-state index in [9.17, 15) is 14.0 Å². The number of nitrogens with one attached hydrogen (secondary N) is 3. The molecule has 0 radical (unpaired) electrons. The van der Waals surface area contributed by atoms with Gasteiger partial charge in [0.25, 0.3) is 0 Å². The second kappa shape index (κ2) is 10.5. The monoisotopic (exact) mass is 505 g/mol. The van der Waals surface area contributed by atoms with Crippen LogP contribution in [0.2, 0.25) is 0 Å². The van der Waals surface area contributed by atoms with Crippen molar-refractivity contribution in [3.63, 3.8) is 0 Å². The fraction of sp³-hybridized carbons (Fsp3) is 0.238. The molecule has 0 saturated heterocycles. The van der Waals surface area contributed by atoms with Crippen molar-refractivity contribution < 1.29 is 14.0 Å². The van der Waals surface area contributed by atoms with Crippen LogP contribution in [0.1, 0.15) is 20.3 Å². The summed E-state index contributed by atoms with van der Waals surface area (Å²) in [4.78, 5) is 25.2. The van der Waals surface area contributed by atoms with Gasteiger partial charge in [-0.25, -0.2) is 9.18 Å². The third-order valence-corrected chi connectivity index (χ3v) is 6.07. The molecule has 0 bridgehead atoms. The first-order valence-electron chi connectivity index (χ1n) is 9.59. The van der Waals surface area contributed by atoms with E-state index in [4.69, 9.17) is 0 Å². The van der Waals surface area contributed by atoms with Gasteiger partial charge in [-0.1, -0.05) is 71.8 Å². The Balaban J connectivity index is 1.68. The summed E-state index contributed by atoms with van der Waals surface area (Å²) in [6.45, 7) is 3.76. The number of carbonyl (C=O) groups excluding carboxylic acids is 2. The Morgan fingerprint density at radius 1 is 1.10 bits per heavy atom. The van der Waals surface area contributed by atoms with E-state index in [0.717, 1.165) is 10.0 Å². The Labute approximate surface area is 191 Å². The minimum Gasteiger partial charge on any atom is -0.326 e. The lowest BCUT2D eigenvalue weighted by Crippen LogP contribution is -2.49. The summed E-state index contributed by atoms with van der Waals surface area (Å²) in [7, 11) is 0. The molecule has 0 spiro atoms. The van der Waals surface area contributed by atoms with Crippen molar-refractivity contribution in [2.45, 2.75) is 26.3 Å². The zero-order chi connectivity index (χ0) is 22.4. The standard InChI is InChI=1S/C21H21BrFN5O2S/c1-3-12(2)17(25-20(30)24-16-7-5-4-6-15(16)23)18(29)26-21-28-27-19(31-21)13-8-10-14(22)11-9-13/h4-12,17H,3H2,1-2H3,(H2,24,25,30)(H,26,28,29). The molecule has 0 aliphatic rings. The van der Waals surface area contributed by atoms with Gasteiger partial charge in [-0.15, -0.1) is 10.2 Å². The number of anilines is 2. The summed E-state index contributed by atoms with van der Waals surface area (Å²) < 4.78 is 14.7. The Hall–Kier alpha value is -2.85. The molecule has 0 fully saturated rings. The largest absolute Gasteiger partial charge is 0.326 e. The zero-order valence-electron chi connectivity index (χ0n) is 16.9. The quantitative estimate of drug-likeness (QED) is 0.406. The van der Waals surface area contributed by atoms with Crippen molar-refractivity contribution in [3.8, 4) is 10.6 Å². The van der Waals surface area contributed by atoms with E-state index in [-0.39, 0.29) is 11.6 Å². The van der Waals surface area contributed by atoms with E-state index in [0.29, 0.717) is 16.6 Å². The smallest absolute Gasteiger partial charge is 0.319 e. The molecule has 1 heterocycles. The molecule has 2 aromatic carbocycles. The molecule has 3 aromatic rings. The van der Waals surface area contributed by atoms with Gasteiger partial charge in [0.1, 0.15) is 16.9 Å². The highest BCUT2D eigenvalue weighted by Crippen LogP contribution is 2.27. The molecule has 2 atom stereocenters. The molecule has 0 saturated carbocycles. The molecule has 0 aliphatic heterocycles. The summed E-state index contributed by atoms with van der Waals surface area (Å²) in [5.74, 6) is -1.14. The number of carbonyl (C=O) groups is 2. The van der Waals surface area contributed by atoms with Crippen LogP contribution >= 0.6 is 27.3 Å². The van der Waals surface area contributed by atoms with Gasteiger partial charge in [-0.2, -0.15) is 0 Å². The molecule has 3 N–H and O–H groups in total. The third-order valence-electron chi connectivity index (χ3n) is 4.65. The van der Waals surface area contributed by atoms with Crippen molar-refractivity contribution in [2.24, 2.45) is 5.92 Å². The van der Waals surface area contributed by atoms with E-state index in [1.807, 2.05) is 38.1 Å². The van der Waals surface area contributed by atoms with Crippen LogP contribution in [0.4, 0.5) is 20.0 Å². The van der Waals surface area contributed by atoms with E-state index in [1.54, 1.807) is 6.07 Å². The van der Waals surface area contributed by atoms with Gasteiger partial charge < -0.3 is 10.6 Å². The summed E-state index contributed by atoms with van der Waals surface area (Å²) in [6, 6.07) is 11.9. The lowest BCUT2D eigenvalue weighted by molar-refractivity contribution is -0.119. The summed E-state index contributed by atoms with van der Waals surface area (Å²) in [6.07, 6.45) is 0.651. The highest BCUT2D eigenvalue weighted by atomic mass is 79.9. The van der Waals surface area contributed by atoms with Crippen LogP contribution in [-0.4, -0.2) is 28.2 Å². The van der Waals surface area contributed by atoms with Crippen molar-refractivity contribution in [1.29, 1.82) is 0 Å². The predicted octanol–water partition coefficient (Wildman–Crippen LogP) is 5.28. The average Bonchev–Trinajstić information content (AvgIpc) is 3.22. The van der Waals surface area contributed by atoms with Gasteiger partial charge in [0.05, 0.1) is 5.69 Å². The van der Waals surface area contributed by atoms with Crippen LogP contribution in [0.3, 0.4) is 0 Å². The second-order valence-electron chi connectivity index (χ2n) is 6.85. The number of hydrogen-bond donors (Lipinski definition) is 3. The van der Waals surface area contributed by atoms with Crippen molar-refractivity contribution in [3.05, 3.63) is 58.8 Å². The summed E-state index contributed by atoms with van der Waals surface area (Å²) in [5, 5.41) is 16.9. The molecule has 162 valence electrons. The number of benzene rings is 2. The number of amides is 3. The SMILES string of the molecule is CCC(C)C(NC(=O)Nc1ccccc1F)C(=O)Nc1nnc(-c2ccc(Br)cc2)s1. The van der Waals surface area contributed by atoms with Gasteiger partial charge in [0.15, 0.2) is 0 Å². The molecule has 0 aliphatic carbocycles. The number of hydrogen-bond acceptors (Lipinski definition) is 5. The van der Waals surface area contributed by atoms with Gasteiger partial charge >= 0.3 is 6.03 Å². The summed E-state index contributed by atoms with van der Waals surface area (Å²) in [5.41, 5.74) is 0.911. The van der Waals surface area contributed by atoms with Crippen molar-refractivity contribution >= 4 is 50.0 Å². The molecule has 1 aromatic heterocycles. The molecular weight excluding hydrogens is 485 g/mol. The first-order chi connectivity index (χ1) is 14.9. The van der Waals surface area contributed by atoms with Crippen LogP contribution in [0.5, 0.6) is 0 Å². The van der Waals surface area contributed by atoms with Crippen LogP contribution in [0, 0.1) is 11.7 Å². The first-order valence-corrected chi connectivity index (χ1v) is 11.2. The average molecular weight is 506 g/mol. The maximum atomic E-state index is 13.8. The van der Waals surface area contributed by atoms with Crippen LogP contribution in [0.15, 0.2) is 53.0 Å². The first kappa shape index (κ1) is 22.8. The maximum Gasteiger partial charge on any atom is 0.319 e. The fourth-order valence-corrected chi connectivity index (χ4v) is 3.75. The van der Waals surface area contributed by atoms with Crippen LogP contribution < -0.4 is 16.0 Å². The van der Waals surface area contributed by atoms with Crippen LogP contribution in [-0.2, 0) is 4.79 Å². The Kier molecular flexibility index (Phi) is 7.69. The van der Waals surface area contributed by atoms with Crippen LogP contribution in [0.25, 0.3) is 10.6 Å². The second-order valence-corrected chi connectivity index (χ2v) is 8.74. The number of urea groups is 1. The normalized spacial score (nSPS) is 12.6. The van der Waals surface area contributed by atoms with Gasteiger partial charge in [0.2, 0.25) is 11.0 Å². The third kappa shape index (κ3) is 6.08. The number of para-hydroxylation sites is 1. The molecule has 2 unspecified atom stereocenters. The molecule has 31 heavy (non-hydrogen) atoms. The van der Waals surface area contributed by atoms with E-state index >= 15 is 0 Å². The lowest BCUT2D eigenvalue weighted by Gasteiger charge is -2.23. The predicted molar refractivity (Wildman–Crippen MR) is 123 cm³/mol. The highest BCUT2D eigenvalue weighted by Gasteiger charge is 2.27. The summed E-state index contributed by atoms with van der Waals surface area (Å²) >= 11 is 4.62. The molecule has 3 rings (SSSR count). The van der Waals surface area contributed by atoms with E-state index < -0.39 is 23.8 Å². The number of nitrogens with zero attached hydrogens (tertiary/aromatic N) is 2. The molecule has 7 nitrogen and oxygen atoms in total.